The van der Waals surface area contributed by atoms with Crippen molar-refractivity contribution in [1.29, 1.82) is 0 Å². The molecule has 1 aromatic carbocycles. The van der Waals surface area contributed by atoms with E-state index in [1.165, 1.54) is 31.5 Å². The summed E-state index contributed by atoms with van der Waals surface area (Å²) in [6, 6.07) is 8.31. The highest BCUT2D eigenvalue weighted by molar-refractivity contribution is 5.94. The maximum atomic E-state index is 13.0. The van der Waals surface area contributed by atoms with Crippen molar-refractivity contribution >= 4 is 5.91 Å². The van der Waals surface area contributed by atoms with Crippen molar-refractivity contribution in [3.05, 3.63) is 47.3 Å². The van der Waals surface area contributed by atoms with Crippen LogP contribution in [-0.2, 0) is 17.9 Å². The Kier molecular flexibility index (Phi) is 4.41. The number of piperidine rings is 1. The van der Waals surface area contributed by atoms with Crippen molar-refractivity contribution in [3.63, 3.8) is 0 Å². The zero-order valence-corrected chi connectivity index (χ0v) is 15.5. The Morgan fingerprint density at radius 1 is 1.15 bits per heavy atom. The molecule has 3 aliphatic rings. The van der Waals surface area contributed by atoms with E-state index in [-0.39, 0.29) is 18.1 Å². The van der Waals surface area contributed by atoms with Crippen molar-refractivity contribution in [2.75, 3.05) is 26.2 Å². The molecule has 0 bridgehead atoms. The van der Waals surface area contributed by atoms with Crippen LogP contribution in [0.1, 0.15) is 46.9 Å². The van der Waals surface area contributed by atoms with Crippen molar-refractivity contribution in [2.24, 2.45) is 0 Å². The summed E-state index contributed by atoms with van der Waals surface area (Å²) in [5.74, 6) is 0.0918. The first-order chi connectivity index (χ1) is 13.3. The second kappa shape index (κ2) is 7.05. The number of rotatable bonds is 3. The second-order valence-corrected chi connectivity index (χ2v) is 7.81. The van der Waals surface area contributed by atoms with Crippen LogP contribution in [-0.4, -0.2) is 63.0 Å². The molecule has 0 unspecified atom stereocenters. The summed E-state index contributed by atoms with van der Waals surface area (Å²) < 4.78 is 7.95. The van der Waals surface area contributed by atoms with Crippen LogP contribution in [0.4, 0.5) is 0 Å². The largest absolute Gasteiger partial charge is 0.368 e. The fourth-order valence-electron chi connectivity index (χ4n) is 4.51. The SMILES string of the molecule is O=C(c1ccc(CN2CCCC2)cc1)N1CC[C@H]2[C@H](C1)OCc1cnnn12. The summed E-state index contributed by atoms with van der Waals surface area (Å²) in [4.78, 5) is 17.3. The summed E-state index contributed by atoms with van der Waals surface area (Å²) in [6.45, 7) is 5.20. The number of amides is 1. The Hall–Kier alpha value is -2.25. The number of likely N-dealkylation sites (tertiary alicyclic amines) is 2. The van der Waals surface area contributed by atoms with E-state index in [4.69, 9.17) is 4.74 Å². The molecule has 0 N–H and O–H groups in total. The number of nitrogens with zero attached hydrogens (tertiary/aromatic N) is 5. The molecule has 5 rings (SSSR count). The molecule has 2 saturated heterocycles. The fraction of sp³-hybridized carbons (Fsp3) is 0.550. The molecule has 0 spiro atoms. The third kappa shape index (κ3) is 3.26. The smallest absolute Gasteiger partial charge is 0.253 e. The Morgan fingerprint density at radius 3 is 2.78 bits per heavy atom. The van der Waals surface area contributed by atoms with Crippen molar-refractivity contribution in [1.82, 2.24) is 24.8 Å². The van der Waals surface area contributed by atoms with Crippen LogP contribution in [0.3, 0.4) is 0 Å². The van der Waals surface area contributed by atoms with Gasteiger partial charge in [-0.15, -0.1) is 5.10 Å². The molecule has 0 aliphatic carbocycles. The predicted octanol–water partition coefficient (Wildman–Crippen LogP) is 1.86. The van der Waals surface area contributed by atoms with Gasteiger partial charge < -0.3 is 9.64 Å². The van der Waals surface area contributed by atoms with Gasteiger partial charge in [-0.05, 0) is 50.0 Å². The monoisotopic (exact) mass is 367 g/mol. The average Bonchev–Trinajstić information content (AvgIpc) is 3.39. The zero-order chi connectivity index (χ0) is 18.2. The van der Waals surface area contributed by atoms with Gasteiger partial charge in [-0.2, -0.15) is 0 Å². The lowest BCUT2D eigenvalue weighted by Gasteiger charge is -2.41. The Balaban J connectivity index is 1.24. The minimum Gasteiger partial charge on any atom is -0.368 e. The molecule has 0 radical (unpaired) electrons. The average molecular weight is 367 g/mol. The lowest BCUT2D eigenvalue weighted by atomic mass is 9.99. The van der Waals surface area contributed by atoms with Crippen molar-refractivity contribution < 1.29 is 9.53 Å². The lowest BCUT2D eigenvalue weighted by molar-refractivity contribution is -0.0627. The van der Waals surface area contributed by atoms with Crippen LogP contribution in [0.2, 0.25) is 0 Å². The number of carbonyl (C=O) groups excluding carboxylic acids is 1. The fourth-order valence-corrected chi connectivity index (χ4v) is 4.51. The van der Waals surface area contributed by atoms with Gasteiger partial charge in [0.2, 0.25) is 0 Å². The zero-order valence-electron chi connectivity index (χ0n) is 15.5. The van der Waals surface area contributed by atoms with E-state index in [1.54, 1.807) is 6.20 Å². The van der Waals surface area contributed by atoms with Gasteiger partial charge in [-0.3, -0.25) is 9.69 Å². The molecule has 4 heterocycles. The molecular weight excluding hydrogens is 342 g/mol. The maximum Gasteiger partial charge on any atom is 0.253 e. The van der Waals surface area contributed by atoms with Crippen molar-refractivity contribution in [2.45, 2.75) is 44.6 Å². The molecule has 2 atom stereocenters. The molecule has 7 heteroatoms. The third-order valence-corrected chi connectivity index (χ3v) is 6.03. The van der Waals surface area contributed by atoms with E-state index in [0.717, 1.165) is 30.8 Å². The quantitative estimate of drug-likeness (QED) is 0.829. The van der Waals surface area contributed by atoms with Gasteiger partial charge in [0.05, 0.1) is 30.6 Å². The summed E-state index contributed by atoms with van der Waals surface area (Å²) in [5, 5.41) is 8.19. The highest BCUT2D eigenvalue weighted by Gasteiger charge is 2.37. The number of hydrogen-bond acceptors (Lipinski definition) is 5. The van der Waals surface area contributed by atoms with Gasteiger partial charge in [-0.25, -0.2) is 4.68 Å². The van der Waals surface area contributed by atoms with E-state index in [1.807, 2.05) is 21.7 Å². The third-order valence-electron chi connectivity index (χ3n) is 6.03. The van der Waals surface area contributed by atoms with Gasteiger partial charge in [-0.1, -0.05) is 17.3 Å². The normalized spacial score (nSPS) is 25.3. The molecule has 2 aromatic rings. The number of aromatic nitrogens is 3. The first-order valence-corrected chi connectivity index (χ1v) is 9.89. The van der Waals surface area contributed by atoms with Gasteiger partial charge >= 0.3 is 0 Å². The Bertz CT molecular complexity index is 812. The number of carbonyl (C=O) groups is 1. The minimum absolute atomic E-state index is 0.00802. The number of ether oxygens (including phenoxy) is 1. The molecule has 27 heavy (non-hydrogen) atoms. The van der Waals surface area contributed by atoms with Gasteiger partial charge in [0, 0.05) is 25.2 Å². The molecule has 0 saturated carbocycles. The van der Waals surface area contributed by atoms with Gasteiger partial charge in [0.25, 0.3) is 5.91 Å². The molecule has 1 aromatic heterocycles. The van der Waals surface area contributed by atoms with Crippen LogP contribution in [0.15, 0.2) is 30.5 Å². The summed E-state index contributed by atoms with van der Waals surface area (Å²) in [5.41, 5.74) is 3.06. The number of hydrogen-bond donors (Lipinski definition) is 0. The molecule has 142 valence electrons. The van der Waals surface area contributed by atoms with E-state index >= 15 is 0 Å². The van der Waals surface area contributed by atoms with E-state index in [9.17, 15) is 4.79 Å². The highest BCUT2D eigenvalue weighted by atomic mass is 16.5. The summed E-state index contributed by atoms with van der Waals surface area (Å²) in [7, 11) is 0. The topological polar surface area (TPSA) is 63.5 Å². The highest BCUT2D eigenvalue weighted by Crippen LogP contribution is 2.31. The lowest BCUT2D eigenvalue weighted by Crippen LogP contribution is -2.50. The van der Waals surface area contributed by atoms with Crippen LogP contribution >= 0.6 is 0 Å². The van der Waals surface area contributed by atoms with Gasteiger partial charge in [0.15, 0.2) is 0 Å². The summed E-state index contributed by atoms with van der Waals surface area (Å²) in [6.07, 6.45) is 5.20. The number of fused-ring (bicyclic) bond motifs is 3. The van der Waals surface area contributed by atoms with E-state index in [2.05, 4.69) is 27.3 Å². The van der Waals surface area contributed by atoms with Crippen molar-refractivity contribution in [3.8, 4) is 0 Å². The minimum atomic E-state index is -0.00802. The Labute approximate surface area is 158 Å². The molecular formula is C20H25N5O2. The van der Waals surface area contributed by atoms with Gasteiger partial charge in [0.1, 0.15) is 0 Å². The molecule has 3 aliphatic heterocycles. The standard InChI is InChI=1S/C20H25N5O2/c26-20(16-5-3-15(4-6-16)12-23-8-1-2-9-23)24-10-7-18-19(13-24)27-14-17-11-21-22-25(17)18/h3-6,11,18-19H,1-2,7-10,12-14H2/t18-,19-/m0/s1. The predicted molar refractivity (Wildman–Crippen MR) is 99.1 cm³/mol. The van der Waals surface area contributed by atoms with Crippen LogP contribution in [0.25, 0.3) is 0 Å². The first-order valence-electron chi connectivity index (χ1n) is 9.89. The number of benzene rings is 1. The van der Waals surface area contributed by atoms with Crippen LogP contribution < -0.4 is 0 Å². The molecule has 2 fully saturated rings. The second-order valence-electron chi connectivity index (χ2n) is 7.81. The maximum absolute atomic E-state index is 13.0. The molecule has 1 amide bonds. The first kappa shape index (κ1) is 16.9. The molecule has 7 nitrogen and oxygen atoms in total. The van der Waals surface area contributed by atoms with E-state index < -0.39 is 0 Å². The van der Waals surface area contributed by atoms with Crippen LogP contribution in [0, 0.1) is 0 Å². The Morgan fingerprint density at radius 2 is 1.96 bits per heavy atom. The summed E-state index contributed by atoms with van der Waals surface area (Å²) >= 11 is 0. The van der Waals surface area contributed by atoms with Crippen LogP contribution in [0.5, 0.6) is 0 Å². The van der Waals surface area contributed by atoms with E-state index in [0.29, 0.717) is 13.2 Å².